The number of hydrogen-bond donors (Lipinski definition) is 2. The van der Waals surface area contributed by atoms with Crippen LogP contribution in [0, 0.1) is 5.92 Å². The number of nitrogens with two attached hydrogens (primary N) is 1. The second-order valence-corrected chi connectivity index (χ2v) is 5.42. The van der Waals surface area contributed by atoms with Crippen molar-refractivity contribution in [1.29, 1.82) is 0 Å². The molecule has 1 aliphatic carbocycles. The molecule has 0 bridgehead atoms. The maximum Gasteiger partial charge on any atom is 0.257 e. The molecule has 3 N–H and O–H groups in total. The van der Waals surface area contributed by atoms with Crippen LogP contribution in [0.25, 0.3) is 0 Å². The molecule has 1 aromatic carbocycles. The number of ether oxygens (including phenoxy) is 1. The van der Waals surface area contributed by atoms with Gasteiger partial charge in [0, 0.05) is 11.6 Å². The Morgan fingerprint density at radius 1 is 1.53 bits per heavy atom. The molecule has 0 aliphatic heterocycles. The van der Waals surface area contributed by atoms with Crippen molar-refractivity contribution in [1.82, 2.24) is 5.32 Å². The molecule has 0 radical (unpaired) electrons. The zero-order valence-electron chi connectivity index (χ0n) is 10.3. The second kappa shape index (κ2) is 6.21. The summed E-state index contributed by atoms with van der Waals surface area (Å²) in [6, 6.07) is 4.96. The van der Waals surface area contributed by atoms with Crippen molar-refractivity contribution < 1.29 is 9.53 Å². The summed E-state index contributed by atoms with van der Waals surface area (Å²) >= 11 is 10.8. The van der Waals surface area contributed by atoms with Crippen molar-refractivity contribution in [2.24, 2.45) is 11.7 Å². The minimum absolute atomic E-state index is 0.0668. The van der Waals surface area contributed by atoms with E-state index >= 15 is 0 Å². The van der Waals surface area contributed by atoms with E-state index in [0.29, 0.717) is 22.3 Å². The summed E-state index contributed by atoms with van der Waals surface area (Å²) in [5.74, 6) is 0.921. The number of amides is 1. The molecule has 1 saturated carbocycles. The molecule has 1 amide bonds. The van der Waals surface area contributed by atoms with E-state index in [9.17, 15) is 4.79 Å². The molecule has 2 rings (SSSR count). The van der Waals surface area contributed by atoms with Gasteiger partial charge < -0.3 is 15.8 Å². The summed E-state index contributed by atoms with van der Waals surface area (Å²) in [5, 5.41) is 3.32. The van der Waals surface area contributed by atoms with E-state index in [1.165, 1.54) is 12.8 Å². The molecule has 1 aliphatic rings. The SMILES string of the molecule is NC(=S)c1ccc(Cl)cc1OCC(=O)NCC1CC1. The molecule has 0 saturated heterocycles. The first-order chi connectivity index (χ1) is 9.06. The van der Waals surface area contributed by atoms with Crippen LogP contribution >= 0.6 is 23.8 Å². The van der Waals surface area contributed by atoms with E-state index in [2.05, 4.69) is 5.32 Å². The normalized spacial score (nSPS) is 13.9. The van der Waals surface area contributed by atoms with Crippen LogP contribution in [-0.2, 0) is 4.79 Å². The Morgan fingerprint density at radius 2 is 2.26 bits per heavy atom. The fourth-order valence-electron chi connectivity index (χ4n) is 1.59. The molecule has 19 heavy (non-hydrogen) atoms. The van der Waals surface area contributed by atoms with Gasteiger partial charge in [-0.15, -0.1) is 0 Å². The van der Waals surface area contributed by atoms with Crippen LogP contribution in [0.15, 0.2) is 18.2 Å². The lowest BCUT2D eigenvalue weighted by Gasteiger charge is -2.11. The molecule has 6 heteroatoms. The van der Waals surface area contributed by atoms with E-state index in [-0.39, 0.29) is 17.5 Å². The first-order valence-corrected chi connectivity index (χ1v) is 6.83. The highest BCUT2D eigenvalue weighted by molar-refractivity contribution is 7.80. The summed E-state index contributed by atoms with van der Waals surface area (Å²) in [5.41, 5.74) is 6.16. The second-order valence-electron chi connectivity index (χ2n) is 4.54. The Balaban J connectivity index is 1.91. The Kier molecular flexibility index (Phi) is 4.61. The molecule has 4 nitrogen and oxygen atoms in total. The highest BCUT2D eigenvalue weighted by Crippen LogP contribution is 2.27. The maximum atomic E-state index is 11.6. The third-order valence-electron chi connectivity index (χ3n) is 2.85. The van der Waals surface area contributed by atoms with Crippen LogP contribution < -0.4 is 15.8 Å². The highest BCUT2D eigenvalue weighted by Gasteiger charge is 2.21. The Labute approximate surface area is 122 Å². The summed E-state index contributed by atoms with van der Waals surface area (Å²) in [6.07, 6.45) is 2.39. The van der Waals surface area contributed by atoms with Crippen LogP contribution in [0.3, 0.4) is 0 Å². The maximum absolute atomic E-state index is 11.6. The van der Waals surface area contributed by atoms with Gasteiger partial charge in [-0.1, -0.05) is 23.8 Å². The first-order valence-electron chi connectivity index (χ1n) is 6.05. The number of rotatable bonds is 6. The molecular formula is C13H15ClN2O2S. The number of hydrogen-bond acceptors (Lipinski definition) is 3. The summed E-state index contributed by atoms with van der Waals surface area (Å²) < 4.78 is 5.43. The number of halogens is 1. The monoisotopic (exact) mass is 298 g/mol. The van der Waals surface area contributed by atoms with Gasteiger partial charge >= 0.3 is 0 Å². The zero-order chi connectivity index (χ0) is 13.8. The van der Waals surface area contributed by atoms with Gasteiger partial charge in [0.1, 0.15) is 10.7 Å². The van der Waals surface area contributed by atoms with E-state index in [0.717, 1.165) is 6.54 Å². The molecule has 1 aromatic rings. The van der Waals surface area contributed by atoms with Crippen LogP contribution in [-0.4, -0.2) is 24.0 Å². The van der Waals surface area contributed by atoms with Gasteiger partial charge in [-0.05, 0) is 37.0 Å². The lowest BCUT2D eigenvalue weighted by molar-refractivity contribution is -0.123. The largest absolute Gasteiger partial charge is 0.483 e. The fraction of sp³-hybridized carbons (Fsp3) is 0.385. The summed E-state index contributed by atoms with van der Waals surface area (Å²) in [4.78, 5) is 11.8. The molecular weight excluding hydrogens is 284 g/mol. The predicted octanol–water partition coefficient (Wildman–Crippen LogP) is 1.88. The standard InChI is InChI=1S/C13H15ClN2O2S/c14-9-3-4-10(13(15)19)11(5-9)18-7-12(17)16-6-8-1-2-8/h3-5,8H,1-2,6-7H2,(H2,15,19)(H,16,17). The number of carbonyl (C=O) groups is 1. The van der Waals surface area contributed by atoms with Gasteiger partial charge in [0.2, 0.25) is 0 Å². The quantitative estimate of drug-likeness (QED) is 0.787. The average Bonchev–Trinajstić information content (AvgIpc) is 3.17. The lowest BCUT2D eigenvalue weighted by Crippen LogP contribution is -2.30. The predicted molar refractivity (Wildman–Crippen MR) is 78.6 cm³/mol. The Hall–Kier alpha value is -1.33. The fourth-order valence-corrected chi connectivity index (χ4v) is 1.92. The summed E-state index contributed by atoms with van der Waals surface area (Å²) in [7, 11) is 0. The lowest BCUT2D eigenvalue weighted by atomic mass is 10.2. The van der Waals surface area contributed by atoms with E-state index in [1.807, 2.05) is 0 Å². The van der Waals surface area contributed by atoms with Crippen molar-refractivity contribution in [2.45, 2.75) is 12.8 Å². The zero-order valence-corrected chi connectivity index (χ0v) is 11.9. The first kappa shape index (κ1) is 14.1. The molecule has 102 valence electrons. The van der Waals surface area contributed by atoms with Crippen LogP contribution in [0.2, 0.25) is 5.02 Å². The van der Waals surface area contributed by atoms with Gasteiger partial charge in [-0.25, -0.2) is 0 Å². The average molecular weight is 299 g/mol. The Morgan fingerprint density at radius 3 is 2.89 bits per heavy atom. The molecule has 0 atom stereocenters. The summed E-state index contributed by atoms with van der Waals surface area (Å²) in [6.45, 7) is 0.655. The van der Waals surface area contributed by atoms with Crippen molar-refractivity contribution in [3.8, 4) is 5.75 Å². The third-order valence-corrected chi connectivity index (χ3v) is 3.31. The van der Waals surface area contributed by atoms with E-state index in [4.69, 9.17) is 34.3 Å². The van der Waals surface area contributed by atoms with Crippen molar-refractivity contribution >= 4 is 34.7 Å². The van der Waals surface area contributed by atoms with E-state index < -0.39 is 0 Å². The van der Waals surface area contributed by atoms with Gasteiger partial charge in [0.05, 0.1) is 5.56 Å². The van der Waals surface area contributed by atoms with Crippen molar-refractivity contribution in [3.63, 3.8) is 0 Å². The highest BCUT2D eigenvalue weighted by atomic mass is 35.5. The van der Waals surface area contributed by atoms with Crippen LogP contribution in [0.5, 0.6) is 5.75 Å². The topological polar surface area (TPSA) is 64.3 Å². The number of carbonyl (C=O) groups excluding carboxylic acids is 1. The molecule has 0 spiro atoms. The van der Waals surface area contributed by atoms with E-state index in [1.54, 1.807) is 18.2 Å². The Bertz CT molecular complexity index is 503. The smallest absolute Gasteiger partial charge is 0.257 e. The minimum Gasteiger partial charge on any atom is -0.483 e. The number of thiocarbonyl (C=S) groups is 1. The van der Waals surface area contributed by atoms with Crippen molar-refractivity contribution in [2.75, 3.05) is 13.2 Å². The molecule has 1 fully saturated rings. The van der Waals surface area contributed by atoms with Crippen LogP contribution in [0.1, 0.15) is 18.4 Å². The molecule has 0 aromatic heterocycles. The number of benzene rings is 1. The molecule has 0 unspecified atom stereocenters. The van der Waals surface area contributed by atoms with Gasteiger partial charge in [0.25, 0.3) is 5.91 Å². The van der Waals surface area contributed by atoms with Gasteiger partial charge in [-0.2, -0.15) is 0 Å². The van der Waals surface area contributed by atoms with Crippen molar-refractivity contribution in [3.05, 3.63) is 28.8 Å². The molecule has 0 heterocycles. The number of nitrogens with one attached hydrogen (secondary N) is 1. The van der Waals surface area contributed by atoms with Crippen LogP contribution in [0.4, 0.5) is 0 Å². The van der Waals surface area contributed by atoms with Gasteiger partial charge in [-0.3, -0.25) is 4.79 Å². The minimum atomic E-state index is -0.152. The third kappa shape index (κ3) is 4.36. The van der Waals surface area contributed by atoms with Gasteiger partial charge in [0.15, 0.2) is 6.61 Å².